The topological polar surface area (TPSA) is 29.1 Å². The zero-order valence-electron chi connectivity index (χ0n) is 10.6. The van der Waals surface area contributed by atoms with Crippen LogP contribution >= 0.6 is 11.8 Å². The van der Waals surface area contributed by atoms with Crippen LogP contribution in [0.5, 0.6) is 0 Å². The van der Waals surface area contributed by atoms with Gasteiger partial charge in [0.2, 0.25) is 0 Å². The minimum atomic E-state index is -0.694. The zero-order valence-corrected chi connectivity index (χ0v) is 12.2. The van der Waals surface area contributed by atoms with E-state index in [0.29, 0.717) is 12.1 Å². The average Bonchev–Trinajstić information content (AvgIpc) is 2.00. The quantitative estimate of drug-likeness (QED) is 0.716. The van der Waals surface area contributed by atoms with Crippen LogP contribution in [0.1, 0.15) is 27.7 Å². The number of thioether (sulfide) groups is 1. The lowest BCUT2D eigenvalue weighted by Crippen LogP contribution is -2.39. The standard InChI is InChI=1S/C11H25NOS2/c1-9(2)6-14-7-10(3)12-11(4)8-15(5)13/h9-12H,6-8H2,1-5H3. The minimum absolute atomic E-state index is 0.352. The van der Waals surface area contributed by atoms with E-state index in [1.807, 2.05) is 11.8 Å². The molecule has 0 aliphatic carbocycles. The molecule has 0 amide bonds. The highest BCUT2D eigenvalue weighted by molar-refractivity contribution is 7.99. The van der Waals surface area contributed by atoms with Crippen molar-refractivity contribution in [3.8, 4) is 0 Å². The molecule has 2 nitrogen and oxygen atoms in total. The summed E-state index contributed by atoms with van der Waals surface area (Å²) in [5.74, 6) is 3.88. The third kappa shape index (κ3) is 10.7. The van der Waals surface area contributed by atoms with Crippen molar-refractivity contribution in [2.75, 3.05) is 23.5 Å². The normalized spacial score (nSPS) is 17.7. The monoisotopic (exact) mass is 251 g/mol. The number of nitrogens with one attached hydrogen (secondary N) is 1. The van der Waals surface area contributed by atoms with Gasteiger partial charge >= 0.3 is 0 Å². The van der Waals surface area contributed by atoms with Gasteiger partial charge in [-0.15, -0.1) is 0 Å². The fraction of sp³-hybridized carbons (Fsp3) is 1.00. The Bertz CT molecular complexity index is 185. The van der Waals surface area contributed by atoms with Crippen LogP contribution in [0.3, 0.4) is 0 Å². The first-order valence-electron chi connectivity index (χ1n) is 5.55. The molecule has 0 spiro atoms. The third-order valence-electron chi connectivity index (χ3n) is 1.87. The zero-order chi connectivity index (χ0) is 11.8. The summed E-state index contributed by atoms with van der Waals surface area (Å²) in [5, 5.41) is 3.47. The van der Waals surface area contributed by atoms with E-state index in [1.54, 1.807) is 6.26 Å². The molecule has 0 heterocycles. The number of hydrogen-bond donors (Lipinski definition) is 1. The fourth-order valence-electron chi connectivity index (χ4n) is 1.41. The molecule has 0 aliphatic rings. The molecule has 0 saturated carbocycles. The molecule has 0 aromatic carbocycles. The molecule has 4 heteroatoms. The predicted octanol–water partition coefficient (Wildman–Crippen LogP) is 2.12. The molecular weight excluding hydrogens is 226 g/mol. The van der Waals surface area contributed by atoms with Crippen LogP contribution < -0.4 is 5.32 Å². The van der Waals surface area contributed by atoms with Crippen molar-refractivity contribution in [3.63, 3.8) is 0 Å². The maximum Gasteiger partial charge on any atom is 0.0383 e. The molecule has 0 bridgehead atoms. The van der Waals surface area contributed by atoms with Gasteiger partial charge in [0.1, 0.15) is 0 Å². The Morgan fingerprint density at radius 2 is 1.73 bits per heavy atom. The van der Waals surface area contributed by atoms with Gasteiger partial charge < -0.3 is 5.32 Å². The van der Waals surface area contributed by atoms with E-state index in [2.05, 4.69) is 33.0 Å². The molecule has 0 saturated heterocycles. The van der Waals surface area contributed by atoms with Gasteiger partial charge in [0, 0.05) is 40.6 Å². The molecule has 92 valence electrons. The van der Waals surface area contributed by atoms with Crippen LogP contribution in [-0.4, -0.2) is 39.8 Å². The predicted molar refractivity (Wildman–Crippen MR) is 73.2 cm³/mol. The first kappa shape index (κ1) is 15.5. The molecule has 15 heavy (non-hydrogen) atoms. The van der Waals surface area contributed by atoms with Crippen molar-refractivity contribution in [3.05, 3.63) is 0 Å². The van der Waals surface area contributed by atoms with E-state index < -0.39 is 10.8 Å². The third-order valence-corrected chi connectivity index (χ3v) is 4.48. The summed E-state index contributed by atoms with van der Waals surface area (Å²) in [6, 6.07) is 0.859. The lowest BCUT2D eigenvalue weighted by molar-refractivity contribution is 0.524. The second-order valence-electron chi connectivity index (χ2n) is 4.64. The van der Waals surface area contributed by atoms with E-state index in [9.17, 15) is 4.21 Å². The Balaban J connectivity index is 3.55. The molecule has 0 radical (unpaired) electrons. The van der Waals surface area contributed by atoms with Crippen molar-refractivity contribution < 1.29 is 4.21 Å². The van der Waals surface area contributed by atoms with Gasteiger partial charge in [0.25, 0.3) is 0 Å². The second-order valence-corrected chi connectivity index (χ2v) is 7.19. The smallest absolute Gasteiger partial charge is 0.0383 e. The molecular formula is C11H25NOS2. The molecule has 0 aromatic heterocycles. The van der Waals surface area contributed by atoms with Gasteiger partial charge in [-0.2, -0.15) is 11.8 Å². The first-order chi connectivity index (χ1) is 6.91. The fourth-order valence-corrected chi connectivity index (χ4v) is 3.27. The highest BCUT2D eigenvalue weighted by atomic mass is 32.2. The van der Waals surface area contributed by atoms with Crippen molar-refractivity contribution >= 4 is 22.6 Å². The van der Waals surface area contributed by atoms with Gasteiger partial charge in [-0.25, -0.2) is 0 Å². The van der Waals surface area contributed by atoms with Crippen LogP contribution in [0, 0.1) is 5.92 Å². The average molecular weight is 251 g/mol. The van der Waals surface area contributed by atoms with Crippen molar-refractivity contribution in [2.24, 2.45) is 5.92 Å². The van der Waals surface area contributed by atoms with Crippen LogP contribution in [0.25, 0.3) is 0 Å². The van der Waals surface area contributed by atoms with E-state index in [0.717, 1.165) is 17.4 Å². The summed E-state index contributed by atoms with van der Waals surface area (Å²) in [6.45, 7) is 8.79. The van der Waals surface area contributed by atoms with E-state index >= 15 is 0 Å². The molecule has 0 rings (SSSR count). The minimum Gasteiger partial charge on any atom is -0.310 e. The maximum absolute atomic E-state index is 11.0. The van der Waals surface area contributed by atoms with Gasteiger partial charge in [-0.1, -0.05) is 13.8 Å². The SMILES string of the molecule is CC(C)CSCC(C)NC(C)CS(C)=O. The van der Waals surface area contributed by atoms with Crippen LogP contribution in [0.15, 0.2) is 0 Å². The van der Waals surface area contributed by atoms with Crippen molar-refractivity contribution in [1.29, 1.82) is 0 Å². The summed E-state index contributed by atoms with van der Waals surface area (Å²) in [7, 11) is -0.694. The van der Waals surface area contributed by atoms with Gasteiger partial charge in [0.05, 0.1) is 0 Å². The molecule has 3 atom stereocenters. The van der Waals surface area contributed by atoms with Gasteiger partial charge in [0.15, 0.2) is 0 Å². The highest BCUT2D eigenvalue weighted by Crippen LogP contribution is 2.09. The molecule has 1 N–H and O–H groups in total. The summed E-state index contributed by atoms with van der Waals surface area (Å²) < 4.78 is 11.0. The van der Waals surface area contributed by atoms with E-state index in [4.69, 9.17) is 0 Å². The Kier molecular flexibility index (Phi) is 8.86. The van der Waals surface area contributed by atoms with Crippen molar-refractivity contribution in [2.45, 2.75) is 39.8 Å². The Morgan fingerprint density at radius 1 is 1.13 bits per heavy atom. The summed E-state index contributed by atoms with van der Waals surface area (Å²) in [5.41, 5.74) is 0. The van der Waals surface area contributed by atoms with Crippen molar-refractivity contribution in [1.82, 2.24) is 5.32 Å². The van der Waals surface area contributed by atoms with Crippen LogP contribution in [-0.2, 0) is 10.8 Å². The molecule has 0 aliphatic heterocycles. The molecule has 0 aromatic rings. The Morgan fingerprint density at radius 3 is 2.20 bits per heavy atom. The van der Waals surface area contributed by atoms with Crippen LogP contribution in [0.2, 0.25) is 0 Å². The lowest BCUT2D eigenvalue weighted by Gasteiger charge is -2.19. The van der Waals surface area contributed by atoms with Gasteiger partial charge in [-0.05, 0) is 25.5 Å². The largest absolute Gasteiger partial charge is 0.310 e. The Hall–Kier alpha value is 0.460. The maximum atomic E-state index is 11.0. The van der Waals surface area contributed by atoms with E-state index in [-0.39, 0.29) is 0 Å². The van der Waals surface area contributed by atoms with Gasteiger partial charge in [-0.3, -0.25) is 4.21 Å². The molecule has 3 unspecified atom stereocenters. The highest BCUT2D eigenvalue weighted by Gasteiger charge is 2.08. The molecule has 0 fully saturated rings. The summed E-state index contributed by atoms with van der Waals surface area (Å²) in [6.07, 6.45) is 1.76. The number of hydrogen-bond acceptors (Lipinski definition) is 3. The first-order valence-corrected chi connectivity index (χ1v) is 8.43. The van der Waals surface area contributed by atoms with Crippen LogP contribution in [0.4, 0.5) is 0 Å². The summed E-state index contributed by atoms with van der Waals surface area (Å²) in [4.78, 5) is 0. The Labute approximate surface area is 101 Å². The van der Waals surface area contributed by atoms with E-state index in [1.165, 1.54) is 5.75 Å². The number of rotatable bonds is 8. The second kappa shape index (κ2) is 8.59. The lowest BCUT2D eigenvalue weighted by atomic mass is 10.3. The summed E-state index contributed by atoms with van der Waals surface area (Å²) >= 11 is 1.99.